The van der Waals surface area contributed by atoms with Crippen molar-refractivity contribution in [1.29, 1.82) is 0 Å². The Kier molecular flexibility index (Phi) is 5.27. The van der Waals surface area contributed by atoms with E-state index in [1.165, 1.54) is 4.68 Å². The molecule has 0 saturated heterocycles. The first-order valence-electron chi connectivity index (χ1n) is 9.32. The van der Waals surface area contributed by atoms with Gasteiger partial charge in [0.25, 0.3) is 0 Å². The van der Waals surface area contributed by atoms with Crippen molar-refractivity contribution in [2.45, 2.75) is 32.4 Å². The van der Waals surface area contributed by atoms with Crippen molar-refractivity contribution in [3.8, 4) is 0 Å². The molecule has 1 aliphatic heterocycles. The summed E-state index contributed by atoms with van der Waals surface area (Å²) in [6.07, 6.45) is -0.690. The maximum Gasteiger partial charge on any atom is 0.354 e. The molecule has 1 aromatic heterocycles. The van der Waals surface area contributed by atoms with Gasteiger partial charge in [-0.1, -0.05) is 59.3 Å². The Labute approximate surface area is 175 Å². The summed E-state index contributed by atoms with van der Waals surface area (Å²) in [4.78, 5) is 29.8. The standard InChI is InChI=1S/C21H19BrN4O3/c1-12(2)19-21(28)29-20(23-19)15(13-6-5-7-14(22)10-13)11-18(27)26-17-9-4-3-8-16(17)24-25-26/h3-10,12,15,20H,11H2,1-2H3/t15-,20?/m1/s1. The van der Waals surface area contributed by atoms with Gasteiger partial charge in [-0.25, -0.2) is 9.79 Å². The van der Waals surface area contributed by atoms with Gasteiger partial charge in [0.1, 0.15) is 11.2 Å². The lowest BCUT2D eigenvalue weighted by Gasteiger charge is -2.20. The molecule has 7 nitrogen and oxygen atoms in total. The van der Waals surface area contributed by atoms with E-state index < -0.39 is 18.1 Å². The predicted octanol–water partition coefficient (Wildman–Crippen LogP) is 3.99. The lowest BCUT2D eigenvalue weighted by molar-refractivity contribution is -0.138. The second kappa shape index (κ2) is 7.87. The lowest BCUT2D eigenvalue weighted by Crippen LogP contribution is -2.25. The van der Waals surface area contributed by atoms with Crippen LogP contribution in [0, 0.1) is 5.92 Å². The fourth-order valence-electron chi connectivity index (χ4n) is 3.39. The van der Waals surface area contributed by atoms with Crippen LogP contribution in [0.15, 0.2) is 58.0 Å². The van der Waals surface area contributed by atoms with Crippen LogP contribution in [-0.2, 0) is 9.53 Å². The first-order valence-corrected chi connectivity index (χ1v) is 10.1. The molecular weight excluding hydrogens is 436 g/mol. The number of hydrogen-bond donors (Lipinski definition) is 0. The molecule has 2 heterocycles. The van der Waals surface area contributed by atoms with Crippen LogP contribution in [0.1, 0.15) is 36.5 Å². The maximum absolute atomic E-state index is 13.1. The molecule has 0 saturated carbocycles. The Morgan fingerprint density at radius 3 is 2.72 bits per heavy atom. The number of hydrogen-bond acceptors (Lipinski definition) is 6. The zero-order chi connectivity index (χ0) is 20.5. The number of fused-ring (bicyclic) bond motifs is 1. The van der Waals surface area contributed by atoms with Gasteiger partial charge in [0.05, 0.1) is 11.4 Å². The van der Waals surface area contributed by atoms with Crippen molar-refractivity contribution in [2.24, 2.45) is 10.9 Å². The van der Waals surface area contributed by atoms with Gasteiger partial charge in [0.15, 0.2) is 0 Å². The van der Waals surface area contributed by atoms with Crippen LogP contribution in [0.5, 0.6) is 0 Å². The largest absolute Gasteiger partial charge is 0.435 e. The summed E-state index contributed by atoms with van der Waals surface area (Å²) < 4.78 is 7.71. The zero-order valence-electron chi connectivity index (χ0n) is 15.9. The molecule has 0 radical (unpaired) electrons. The molecule has 1 aliphatic rings. The first kappa shape index (κ1) is 19.4. The predicted molar refractivity (Wildman–Crippen MR) is 112 cm³/mol. The summed E-state index contributed by atoms with van der Waals surface area (Å²) in [5.74, 6) is -1.16. The molecule has 0 fully saturated rings. The van der Waals surface area contributed by atoms with E-state index >= 15 is 0 Å². The van der Waals surface area contributed by atoms with Gasteiger partial charge in [-0.15, -0.1) is 5.10 Å². The van der Waals surface area contributed by atoms with Gasteiger partial charge < -0.3 is 4.74 Å². The van der Waals surface area contributed by atoms with Crippen molar-refractivity contribution in [3.63, 3.8) is 0 Å². The second-order valence-corrected chi connectivity index (χ2v) is 8.13. The van der Waals surface area contributed by atoms with Crippen LogP contribution in [0.25, 0.3) is 11.0 Å². The van der Waals surface area contributed by atoms with Crippen LogP contribution < -0.4 is 0 Å². The highest BCUT2D eigenvalue weighted by atomic mass is 79.9. The van der Waals surface area contributed by atoms with Crippen LogP contribution >= 0.6 is 15.9 Å². The zero-order valence-corrected chi connectivity index (χ0v) is 17.5. The van der Waals surface area contributed by atoms with Crippen molar-refractivity contribution >= 4 is 44.6 Å². The average Bonchev–Trinajstić information content (AvgIpc) is 3.29. The molecule has 0 amide bonds. The van der Waals surface area contributed by atoms with E-state index in [9.17, 15) is 9.59 Å². The van der Waals surface area contributed by atoms with Gasteiger partial charge in [-0.05, 0) is 29.8 Å². The minimum absolute atomic E-state index is 0.0504. The molecule has 0 spiro atoms. The first-order chi connectivity index (χ1) is 13.9. The van der Waals surface area contributed by atoms with E-state index in [-0.39, 0.29) is 18.2 Å². The molecule has 8 heteroatoms. The molecule has 1 unspecified atom stereocenters. The minimum atomic E-state index is -0.757. The molecule has 0 aliphatic carbocycles. The summed E-state index contributed by atoms with van der Waals surface area (Å²) >= 11 is 3.47. The maximum atomic E-state index is 13.1. The van der Waals surface area contributed by atoms with Gasteiger partial charge >= 0.3 is 5.97 Å². The Balaban J connectivity index is 1.69. The number of carbonyl (C=O) groups excluding carboxylic acids is 2. The molecule has 2 atom stereocenters. The lowest BCUT2D eigenvalue weighted by atomic mass is 9.93. The van der Waals surface area contributed by atoms with Gasteiger partial charge in [-0.3, -0.25) is 4.79 Å². The number of cyclic esters (lactones) is 1. The monoisotopic (exact) mass is 454 g/mol. The van der Waals surface area contributed by atoms with Gasteiger partial charge in [0, 0.05) is 16.8 Å². The third-order valence-corrected chi connectivity index (χ3v) is 5.35. The van der Waals surface area contributed by atoms with E-state index in [1.807, 2.05) is 50.2 Å². The van der Waals surface area contributed by atoms with E-state index in [2.05, 4.69) is 31.2 Å². The number of esters is 1. The Bertz CT molecular complexity index is 1120. The number of para-hydroxylation sites is 1. The fraction of sp³-hybridized carbons (Fsp3) is 0.286. The van der Waals surface area contributed by atoms with E-state index in [1.54, 1.807) is 12.1 Å². The highest BCUT2D eigenvalue weighted by molar-refractivity contribution is 9.10. The second-order valence-electron chi connectivity index (χ2n) is 7.21. The van der Waals surface area contributed by atoms with Crippen molar-refractivity contribution in [1.82, 2.24) is 15.0 Å². The van der Waals surface area contributed by atoms with E-state index in [0.29, 0.717) is 16.7 Å². The number of carbonyl (C=O) groups is 2. The molecule has 29 heavy (non-hydrogen) atoms. The SMILES string of the molecule is CC(C)C1=NC([C@H](CC(=O)n2nnc3ccccc32)c2cccc(Br)c2)OC1=O. The van der Waals surface area contributed by atoms with Crippen molar-refractivity contribution in [2.75, 3.05) is 0 Å². The van der Waals surface area contributed by atoms with Gasteiger partial charge in [0.2, 0.25) is 12.1 Å². The highest BCUT2D eigenvalue weighted by Gasteiger charge is 2.37. The Morgan fingerprint density at radius 2 is 2.00 bits per heavy atom. The summed E-state index contributed by atoms with van der Waals surface area (Å²) in [7, 11) is 0. The number of rotatable bonds is 5. The minimum Gasteiger partial charge on any atom is -0.435 e. The molecule has 0 N–H and O–H groups in total. The summed E-state index contributed by atoms with van der Waals surface area (Å²) in [5.41, 5.74) is 2.53. The van der Waals surface area contributed by atoms with E-state index in [0.717, 1.165) is 10.0 Å². The topological polar surface area (TPSA) is 86.4 Å². The molecule has 4 rings (SSSR count). The number of aliphatic imine (C=N–C) groups is 1. The number of benzene rings is 2. The van der Waals surface area contributed by atoms with Crippen molar-refractivity contribution < 1.29 is 14.3 Å². The number of halogens is 1. The quantitative estimate of drug-likeness (QED) is 0.543. The molecule has 2 aromatic carbocycles. The third-order valence-electron chi connectivity index (χ3n) is 4.85. The highest BCUT2D eigenvalue weighted by Crippen LogP contribution is 2.32. The van der Waals surface area contributed by atoms with Gasteiger partial charge in [-0.2, -0.15) is 4.68 Å². The molecule has 0 bridgehead atoms. The molecule has 148 valence electrons. The number of nitrogens with zero attached hydrogens (tertiary/aromatic N) is 4. The van der Waals surface area contributed by atoms with Crippen LogP contribution in [0.4, 0.5) is 0 Å². The van der Waals surface area contributed by atoms with Crippen LogP contribution in [-0.4, -0.2) is 38.8 Å². The molecular formula is C21H19BrN4O3. The average molecular weight is 455 g/mol. The van der Waals surface area contributed by atoms with Crippen LogP contribution in [0.3, 0.4) is 0 Å². The third kappa shape index (κ3) is 3.85. The van der Waals surface area contributed by atoms with Crippen LogP contribution in [0.2, 0.25) is 0 Å². The summed E-state index contributed by atoms with van der Waals surface area (Å²) in [6.45, 7) is 3.78. The Hall–Kier alpha value is -2.87. The number of ether oxygens (including phenoxy) is 1. The smallest absolute Gasteiger partial charge is 0.354 e. The summed E-state index contributed by atoms with van der Waals surface area (Å²) in [6, 6.07) is 14.9. The van der Waals surface area contributed by atoms with Crippen molar-refractivity contribution in [3.05, 3.63) is 58.6 Å². The summed E-state index contributed by atoms with van der Waals surface area (Å²) in [5, 5.41) is 8.06. The van der Waals surface area contributed by atoms with E-state index in [4.69, 9.17) is 4.74 Å². The fourth-order valence-corrected chi connectivity index (χ4v) is 3.81. The normalized spacial score (nSPS) is 17.4. The number of aromatic nitrogens is 3. The molecule has 3 aromatic rings. The Morgan fingerprint density at radius 1 is 1.21 bits per heavy atom.